The summed E-state index contributed by atoms with van der Waals surface area (Å²) >= 11 is 0. The number of carbonyl (C=O) groups excluding carboxylic acids is 1. The Morgan fingerprint density at radius 3 is 2.39 bits per heavy atom. The van der Waals surface area contributed by atoms with Crippen LogP contribution in [-0.2, 0) is 0 Å². The average Bonchev–Trinajstić information content (AvgIpc) is 3.20. The third-order valence-corrected chi connectivity index (χ3v) is 6.89. The molecule has 0 fully saturated rings. The quantitative estimate of drug-likeness (QED) is 0.292. The summed E-state index contributed by atoms with van der Waals surface area (Å²) in [4.78, 5) is 29.5. The van der Waals surface area contributed by atoms with Gasteiger partial charge in [0.25, 0.3) is 5.91 Å². The molecule has 7 nitrogen and oxygen atoms in total. The number of nitrogens with zero attached hydrogens (tertiary/aromatic N) is 1. The zero-order valence-corrected chi connectivity index (χ0v) is 22.5. The van der Waals surface area contributed by atoms with Gasteiger partial charge >= 0.3 is 0 Å². The molecular formula is C31H31NO6. The van der Waals surface area contributed by atoms with Crippen LogP contribution in [0.1, 0.15) is 52.7 Å². The molecule has 1 aliphatic rings. The minimum Gasteiger partial charge on any atom is -0.497 e. The molecule has 0 bridgehead atoms. The highest BCUT2D eigenvalue weighted by molar-refractivity contribution is 6.10. The van der Waals surface area contributed by atoms with Crippen LogP contribution in [0.2, 0.25) is 0 Å². The summed E-state index contributed by atoms with van der Waals surface area (Å²) in [6, 6.07) is 15.6. The Morgan fingerprint density at radius 1 is 0.921 bits per heavy atom. The number of aryl methyl sites for hydroxylation is 2. The van der Waals surface area contributed by atoms with E-state index in [0.29, 0.717) is 57.6 Å². The Morgan fingerprint density at radius 2 is 1.68 bits per heavy atom. The second-order valence-corrected chi connectivity index (χ2v) is 10.0. The fourth-order valence-corrected chi connectivity index (χ4v) is 4.80. The fraction of sp³-hybridized carbons (Fsp3) is 0.290. The summed E-state index contributed by atoms with van der Waals surface area (Å²) in [7, 11) is 3.14. The summed E-state index contributed by atoms with van der Waals surface area (Å²) in [6.07, 6.45) is 0. The van der Waals surface area contributed by atoms with Crippen molar-refractivity contribution in [1.29, 1.82) is 0 Å². The molecule has 3 aromatic carbocycles. The SMILES string of the molecule is COc1cccc(N2C(=O)c3oc4cc(C)c(C)cc4c(=O)c3C2c2ccc(OCC(C)C)c(OC)c2)c1. The predicted molar refractivity (Wildman–Crippen MR) is 147 cm³/mol. The molecule has 0 spiro atoms. The van der Waals surface area contributed by atoms with Crippen LogP contribution < -0.4 is 24.5 Å². The van der Waals surface area contributed by atoms with Crippen molar-refractivity contribution >= 4 is 22.6 Å². The molecule has 1 aliphatic heterocycles. The van der Waals surface area contributed by atoms with Gasteiger partial charge in [0.15, 0.2) is 16.9 Å². The van der Waals surface area contributed by atoms with Gasteiger partial charge in [-0.2, -0.15) is 0 Å². The van der Waals surface area contributed by atoms with E-state index in [1.54, 1.807) is 31.3 Å². The van der Waals surface area contributed by atoms with Crippen LogP contribution in [0.15, 0.2) is 63.8 Å². The third-order valence-electron chi connectivity index (χ3n) is 6.89. The number of carbonyl (C=O) groups is 1. The van der Waals surface area contributed by atoms with E-state index in [4.69, 9.17) is 18.6 Å². The molecule has 1 unspecified atom stereocenters. The van der Waals surface area contributed by atoms with Gasteiger partial charge in [-0.05, 0) is 72.9 Å². The monoisotopic (exact) mass is 513 g/mol. The molecule has 1 aromatic heterocycles. The van der Waals surface area contributed by atoms with Crippen molar-refractivity contribution in [2.45, 2.75) is 33.7 Å². The Kier molecular flexibility index (Phi) is 6.61. The van der Waals surface area contributed by atoms with Gasteiger partial charge in [-0.15, -0.1) is 0 Å². The summed E-state index contributed by atoms with van der Waals surface area (Å²) in [5, 5.41) is 0.445. The van der Waals surface area contributed by atoms with Crippen molar-refractivity contribution < 1.29 is 23.4 Å². The van der Waals surface area contributed by atoms with E-state index in [-0.39, 0.29) is 11.2 Å². The van der Waals surface area contributed by atoms with Crippen molar-refractivity contribution in [3.8, 4) is 17.2 Å². The zero-order valence-electron chi connectivity index (χ0n) is 22.5. The van der Waals surface area contributed by atoms with Crippen LogP contribution in [-0.4, -0.2) is 26.7 Å². The fourth-order valence-electron chi connectivity index (χ4n) is 4.80. The lowest BCUT2D eigenvalue weighted by Gasteiger charge is -2.26. The molecule has 4 aromatic rings. The van der Waals surface area contributed by atoms with Gasteiger partial charge in [-0.25, -0.2) is 0 Å². The Hall–Kier alpha value is -4.26. The van der Waals surface area contributed by atoms with E-state index < -0.39 is 11.9 Å². The lowest BCUT2D eigenvalue weighted by Crippen LogP contribution is -2.29. The maximum absolute atomic E-state index is 14.0. The summed E-state index contributed by atoms with van der Waals surface area (Å²) in [6.45, 7) is 8.57. The molecule has 0 aliphatic carbocycles. The molecule has 0 N–H and O–H groups in total. The van der Waals surface area contributed by atoms with Crippen LogP contribution in [0.3, 0.4) is 0 Å². The smallest absolute Gasteiger partial charge is 0.295 e. The van der Waals surface area contributed by atoms with Crippen LogP contribution in [0.25, 0.3) is 11.0 Å². The minimum atomic E-state index is -0.736. The van der Waals surface area contributed by atoms with Crippen molar-refractivity contribution in [3.63, 3.8) is 0 Å². The lowest BCUT2D eigenvalue weighted by molar-refractivity contribution is 0.0971. The van der Waals surface area contributed by atoms with Gasteiger partial charge < -0.3 is 18.6 Å². The Bertz CT molecular complexity index is 1600. The van der Waals surface area contributed by atoms with E-state index >= 15 is 0 Å². The molecule has 7 heteroatoms. The standard InChI is InChI=1S/C31H31NO6/c1-17(2)16-37-24-11-10-20(14-26(24)36-6)28-27-29(33)23-12-18(3)19(4)13-25(23)38-30(27)31(34)32(28)21-8-7-9-22(15-21)35-5/h7-15,17,28H,16H2,1-6H3. The molecule has 196 valence electrons. The number of rotatable bonds is 7. The summed E-state index contributed by atoms with van der Waals surface area (Å²) in [5.41, 5.74) is 3.70. The number of benzene rings is 3. The Labute approximate surface area is 221 Å². The molecular weight excluding hydrogens is 482 g/mol. The first-order valence-electron chi connectivity index (χ1n) is 12.6. The second-order valence-electron chi connectivity index (χ2n) is 10.0. The molecule has 5 rings (SSSR count). The van der Waals surface area contributed by atoms with Crippen molar-refractivity contribution in [3.05, 3.63) is 92.8 Å². The molecule has 0 saturated heterocycles. The normalized spacial score (nSPS) is 14.8. The molecule has 2 heterocycles. The van der Waals surface area contributed by atoms with Crippen LogP contribution in [0.4, 0.5) is 5.69 Å². The zero-order chi connectivity index (χ0) is 27.1. The number of amides is 1. The van der Waals surface area contributed by atoms with E-state index in [9.17, 15) is 9.59 Å². The molecule has 0 saturated carbocycles. The van der Waals surface area contributed by atoms with Gasteiger partial charge in [0.1, 0.15) is 11.3 Å². The summed E-state index contributed by atoms with van der Waals surface area (Å²) in [5.74, 6) is 1.70. The third kappa shape index (κ3) is 4.28. The minimum absolute atomic E-state index is 0.0395. The van der Waals surface area contributed by atoms with Crippen LogP contribution in [0.5, 0.6) is 17.2 Å². The lowest BCUT2D eigenvalue weighted by atomic mass is 9.97. The largest absolute Gasteiger partial charge is 0.497 e. The van der Waals surface area contributed by atoms with Crippen molar-refractivity contribution in [2.24, 2.45) is 5.92 Å². The molecule has 38 heavy (non-hydrogen) atoms. The Balaban J connectivity index is 1.75. The maximum atomic E-state index is 14.0. The number of methoxy groups -OCH3 is 2. The van der Waals surface area contributed by atoms with Gasteiger partial charge in [-0.3, -0.25) is 14.5 Å². The van der Waals surface area contributed by atoms with Gasteiger partial charge in [0.2, 0.25) is 5.76 Å². The van der Waals surface area contributed by atoms with E-state index in [1.165, 1.54) is 0 Å². The van der Waals surface area contributed by atoms with E-state index in [2.05, 4.69) is 13.8 Å². The topological polar surface area (TPSA) is 78.2 Å². The van der Waals surface area contributed by atoms with Gasteiger partial charge in [-0.1, -0.05) is 26.0 Å². The molecule has 1 atom stereocenters. The van der Waals surface area contributed by atoms with Crippen molar-refractivity contribution in [2.75, 3.05) is 25.7 Å². The highest BCUT2D eigenvalue weighted by atomic mass is 16.5. The summed E-state index contributed by atoms with van der Waals surface area (Å²) < 4.78 is 23.2. The first kappa shape index (κ1) is 25.4. The number of ether oxygens (including phenoxy) is 3. The first-order chi connectivity index (χ1) is 18.2. The van der Waals surface area contributed by atoms with Gasteiger partial charge in [0.05, 0.1) is 37.8 Å². The molecule has 0 radical (unpaired) electrons. The van der Waals surface area contributed by atoms with Crippen LogP contribution >= 0.6 is 0 Å². The number of hydrogen-bond acceptors (Lipinski definition) is 6. The number of hydrogen-bond donors (Lipinski definition) is 0. The number of fused-ring (bicyclic) bond motifs is 2. The first-order valence-corrected chi connectivity index (χ1v) is 12.6. The van der Waals surface area contributed by atoms with E-state index in [0.717, 1.165) is 11.1 Å². The second kappa shape index (κ2) is 9.89. The maximum Gasteiger partial charge on any atom is 0.295 e. The predicted octanol–water partition coefficient (Wildman–Crippen LogP) is 6.21. The van der Waals surface area contributed by atoms with Gasteiger partial charge in [0, 0.05) is 11.8 Å². The highest BCUT2D eigenvalue weighted by Crippen LogP contribution is 2.44. The van der Waals surface area contributed by atoms with Crippen molar-refractivity contribution in [1.82, 2.24) is 0 Å². The van der Waals surface area contributed by atoms with Crippen LogP contribution in [0, 0.1) is 19.8 Å². The molecule has 1 amide bonds. The van der Waals surface area contributed by atoms with E-state index in [1.807, 2.05) is 56.3 Å². The average molecular weight is 514 g/mol. The number of anilines is 1. The highest BCUT2D eigenvalue weighted by Gasteiger charge is 2.44.